The molecule has 0 aliphatic rings. The Labute approximate surface area is 109 Å². The van der Waals surface area contributed by atoms with Crippen LogP contribution in [-0.4, -0.2) is 4.98 Å². The standard InChI is InChI=1S/C12H9F2NS.ClH/c13-10-5-8(6-11(14)7-10)4-9-2-1-3-15-12(9)16;/h1-3,5-7H,4H2,(H,15,16);1H. The van der Waals surface area contributed by atoms with Crippen LogP contribution in [0.4, 0.5) is 8.78 Å². The predicted molar refractivity (Wildman–Crippen MR) is 68.0 cm³/mol. The third-order valence-corrected chi connectivity index (χ3v) is 2.60. The van der Waals surface area contributed by atoms with E-state index in [1.807, 2.05) is 6.07 Å². The lowest BCUT2D eigenvalue weighted by Crippen LogP contribution is -1.93. The van der Waals surface area contributed by atoms with Gasteiger partial charge in [-0.25, -0.2) is 8.78 Å². The zero-order chi connectivity index (χ0) is 11.5. The third-order valence-electron chi connectivity index (χ3n) is 2.22. The summed E-state index contributed by atoms with van der Waals surface area (Å²) < 4.78 is 26.5. The highest BCUT2D eigenvalue weighted by Crippen LogP contribution is 2.13. The molecule has 0 fully saturated rings. The molecule has 2 rings (SSSR count). The van der Waals surface area contributed by atoms with Crippen molar-refractivity contribution in [1.29, 1.82) is 0 Å². The first kappa shape index (κ1) is 13.8. The summed E-state index contributed by atoms with van der Waals surface area (Å²) in [4.78, 5) is 2.88. The van der Waals surface area contributed by atoms with Gasteiger partial charge in [-0.15, -0.1) is 12.4 Å². The van der Waals surface area contributed by atoms with Crippen LogP contribution in [0.2, 0.25) is 0 Å². The van der Waals surface area contributed by atoms with Crippen LogP contribution in [0, 0.1) is 16.3 Å². The van der Waals surface area contributed by atoms with Gasteiger partial charge >= 0.3 is 0 Å². The molecule has 1 aromatic carbocycles. The second kappa shape index (κ2) is 5.89. The molecule has 0 atom stereocenters. The molecule has 0 saturated heterocycles. The quantitative estimate of drug-likeness (QED) is 0.817. The van der Waals surface area contributed by atoms with Crippen molar-refractivity contribution >= 4 is 24.6 Å². The second-order valence-corrected chi connectivity index (χ2v) is 3.89. The summed E-state index contributed by atoms with van der Waals surface area (Å²) in [6, 6.07) is 7.12. The fourth-order valence-electron chi connectivity index (χ4n) is 1.53. The van der Waals surface area contributed by atoms with Crippen LogP contribution in [0.15, 0.2) is 36.5 Å². The van der Waals surface area contributed by atoms with E-state index in [0.717, 1.165) is 11.6 Å². The molecule has 1 N–H and O–H groups in total. The Kier molecular flexibility index (Phi) is 4.78. The van der Waals surface area contributed by atoms with Crippen LogP contribution >= 0.6 is 24.6 Å². The van der Waals surface area contributed by atoms with Gasteiger partial charge in [-0.3, -0.25) is 0 Å². The Balaban J connectivity index is 0.00000144. The topological polar surface area (TPSA) is 15.8 Å². The molecule has 0 amide bonds. The monoisotopic (exact) mass is 273 g/mol. The summed E-state index contributed by atoms with van der Waals surface area (Å²) in [5.41, 5.74) is 1.42. The van der Waals surface area contributed by atoms with E-state index in [1.54, 1.807) is 12.3 Å². The van der Waals surface area contributed by atoms with Crippen LogP contribution in [0.5, 0.6) is 0 Å². The SMILES string of the molecule is Cl.Fc1cc(F)cc(Cc2ccc[nH]c2=S)c1. The van der Waals surface area contributed by atoms with E-state index in [2.05, 4.69) is 4.98 Å². The number of hydrogen-bond donors (Lipinski definition) is 1. The molecular weight excluding hydrogens is 264 g/mol. The predicted octanol–water partition coefficient (Wildman–Crippen LogP) is 4.03. The average molecular weight is 274 g/mol. The van der Waals surface area contributed by atoms with Gasteiger partial charge in [-0.05, 0) is 29.3 Å². The first-order chi connectivity index (χ1) is 7.65. The van der Waals surface area contributed by atoms with Crippen LogP contribution in [0.1, 0.15) is 11.1 Å². The molecular formula is C12H10ClF2NS. The number of rotatable bonds is 2. The number of pyridine rings is 1. The van der Waals surface area contributed by atoms with Crippen LogP contribution in [0.25, 0.3) is 0 Å². The van der Waals surface area contributed by atoms with Crippen molar-refractivity contribution in [2.45, 2.75) is 6.42 Å². The number of hydrogen-bond acceptors (Lipinski definition) is 1. The van der Waals surface area contributed by atoms with Crippen molar-refractivity contribution in [2.24, 2.45) is 0 Å². The molecule has 1 aromatic heterocycles. The molecule has 0 radical (unpaired) electrons. The van der Waals surface area contributed by atoms with Crippen molar-refractivity contribution < 1.29 is 8.78 Å². The fraction of sp³-hybridized carbons (Fsp3) is 0.0833. The van der Waals surface area contributed by atoms with Gasteiger partial charge in [0.2, 0.25) is 0 Å². The molecule has 0 aliphatic heterocycles. The van der Waals surface area contributed by atoms with Gasteiger partial charge in [0.15, 0.2) is 0 Å². The summed E-state index contributed by atoms with van der Waals surface area (Å²) in [7, 11) is 0. The minimum atomic E-state index is -0.569. The van der Waals surface area contributed by atoms with Gasteiger partial charge in [0.1, 0.15) is 16.3 Å². The zero-order valence-electron chi connectivity index (χ0n) is 8.74. The summed E-state index contributed by atoms with van der Waals surface area (Å²) in [6.07, 6.45) is 2.14. The summed E-state index contributed by atoms with van der Waals surface area (Å²) in [5, 5.41) is 0. The van der Waals surface area contributed by atoms with Crippen LogP contribution in [0.3, 0.4) is 0 Å². The van der Waals surface area contributed by atoms with Crippen molar-refractivity contribution in [3.05, 3.63) is 63.9 Å². The van der Waals surface area contributed by atoms with Gasteiger partial charge in [0.05, 0.1) is 0 Å². The largest absolute Gasteiger partial charge is 0.353 e. The van der Waals surface area contributed by atoms with Crippen molar-refractivity contribution in [2.75, 3.05) is 0 Å². The minimum Gasteiger partial charge on any atom is -0.353 e. The molecule has 0 spiro atoms. The fourth-order valence-corrected chi connectivity index (χ4v) is 1.74. The first-order valence-electron chi connectivity index (χ1n) is 4.77. The third kappa shape index (κ3) is 3.61. The van der Waals surface area contributed by atoms with Gasteiger partial charge in [0, 0.05) is 18.7 Å². The second-order valence-electron chi connectivity index (χ2n) is 3.48. The maximum absolute atomic E-state index is 13.0. The van der Waals surface area contributed by atoms with E-state index in [0.29, 0.717) is 16.6 Å². The van der Waals surface area contributed by atoms with Gasteiger partial charge < -0.3 is 4.98 Å². The van der Waals surface area contributed by atoms with Crippen LogP contribution in [-0.2, 0) is 6.42 Å². The molecule has 0 aliphatic carbocycles. The van der Waals surface area contributed by atoms with E-state index in [4.69, 9.17) is 12.2 Å². The minimum absolute atomic E-state index is 0. The maximum Gasteiger partial charge on any atom is 0.126 e. The van der Waals surface area contributed by atoms with E-state index in [1.165, 1.54) is 12.1 Å². The molecule has 5 heteroatoms. The number of halogens is 3. The molecule has 1 heterocycles. The molecule has 1 nitrogen and oxygen atoms in total. The highest BCUT2D eigenvalue weighted by Gasteiger charge is 2.02. The number of H-pyrrole nitrogens is 1. The van der Waals surface area contributed by atoms with Crippen molar-refractivity contribution in [1.82, 2.24) is 4.98 Å². The summed E-state index contributed by atoms with van der Waals surface area (Å²) >= 11 is 5.07. The Morgan fingerprint density at radius 2 is 1.76 bits per heavy atom. The Hall–Kier alpha value is -1.26. The summed E-state index contributed by atoms with van der Waals surface area (Å²) in [5.74, 6) is -1.14. The average Bonchev–Trinajstić information content (AvgIpc) is 2.20. The number of benzene rings is 1. The first-order valence-corrected chi connectivity index (χ1v) is 5.17. The molecule has 0 bridgehead atoms. The number of aromatic nitrogens is 1. The molecule has 0 unspecified atom stereocenters. The van der Waals surface area contributed by atoms with Crippen molar-refractivity contribution in [3.63, 3.8) is 0 Å². The van der Waals surface area contributed by atoms with E-state index in [-0.39, 0.29) is 12.4 Å². The normalized spacial score (nSPS) is 9.76. The van der Waals surface area contributed by atoms with E-state index < -0.39 is 11.6 Å². The lowest BCUT2D eigenvalue weighted by Gasteiger charge is -2.02. The summed E-state index contributed by atoms with van der Waals surface area (Å²) in [6.45, 7) is 0. The number of aromatic amines is 1. The molecule has 17 heavy (non-hydrogen) atoms. The maximum atomic E-state index is 13.0. The van der Waals surface area contributed by atoms with Gasteiger partial charge in [-0.1, -0.05) is 18.3 Å². The van der Waals surface area contributed by atoms with Crippen LogP contribution < -0.4 is 0 Å². The lowest BCUT2D eigenvalue weighted by molar-refractivity contribution is 0.580. The van der Waals surface area contributed by atoms with Crippen molar-refractivity contribution in [3.8, 4) is 0 Å². The number of nitrogens with one attached hydrogen (secondary N) is 1. The lowest BCUT2D eigenvalue weighted by atomic mass is 10.1. The smallest absolute Gasteiger partial charge is 0.126 e. The highest BCUT2D eigenvalue weighted by molar-refractivity contribution is 7.71. The Morgan fingerprint density at radius 3 is 2.35 bits per heavy atom. The highest BCUT2D eigenvalue weighted by atomic mass is 35.5. The Morgan fingerprint density at radius 1 is 1.12 bits per heavy atom. The zero-order valence-corrected chi connectivity index (χ0v) is 10.4. The van der Waals surface area contributed by atoms with Gasteiger partial charge in [0.25, 0.3) is 0 Å². The van der Waals surface area contributed by atoms with Gasteiger partial charge in [-0.2, -0.15) is 0 Å². The molecule has 0 saturated carbocycles. The van der Waals surface area contributed by atoms with E-state index in [9.17, 15) is 8.78 Å². The van der Waals surface area contributed by atoms with E-state index >= 15 is 0 Å². The molecule has 2 aromatic rings. The molecule has 90 valence electrons. The Bertz CT molecular complexity index is 548.